The third-order valence-electron chi connectivity index (χ3n) is 2.72. The summed E-state index contributed by atoms with van der Waals surface area (Å²) >= 11 is 0. The molecule has 1 heteroatoms. The molecule has 0 heterocycles. The molecule has 0 saturated heterocycles. The maximum absolute atomic E-state index is 10.1. The summed E-state index contributed by atoms with van der Waals surface area (Å²) in [6.07, 6.45) is 9.02. The van der Waals surface area contributed by atoms with Gasteiger partial charge in [-0.3, -0.25) is 0 Å². The third kappa shape index (κ3) is 2.34. The summed E-state index contributed by atoms with van der Waals surface area (Å²) in [5.41, 5.74) is 0.755. The van der Waals surface area contributed by atoms with E-state index in [1.165, 1.54) is 18.4 Å². The summed E-state index contributed by atoms with van der Waals surface area (Å²) in [5, 5.41) is 10.1. The highest BCUT2D eigenvalue weighted by molar-refractivity contribution is 5.16. The molecule has 12 heavy (non-hydrogen) atoms. The number of aliphatic hydroxyl groups is 1. The molecule has 70 valence electrons. The van der Waals surface area contributed by atoms with Crippen LogP contribution in [-0.2, 0) is 0 Å². The van der Waals surface area contributed by atoms with Crippen molar-refractivity contribution in [3.8, 4) is 0 Å². The predicted octanol–water partition coefficient (Wildman–Crippen LogP) is 3.04. The minimum atomic E-state index is -0.519. The second kappa shape index (κ2) is 4.08. The summed E-state index contributed by atoms with van der Waals surface area (Å²) in [6, 6.07) is 0. The molecule has 0 aromatic heterocycles. The molecule has 0 spiro atoms. The van der Waals surface area contributed by atoms with E-state index in [-0.39, 0.29) is 0 Å². The number of hydrogen-bond donors (Lipinski definition) is 1. The topological polar surface area (TPSA) is 20.2 Å². The molecule has 0 aromatic rings. The van der Waals surface area contributed by atoms with Gasteiger partial charge in [0.05, 0.1) is 5.60 Å². The Balaban J connectivity index is 2.59. The maximum atomic E-state index is 10.1. The van der Waals surface area contributed by atoms with Crippen LogP contribution < -0.4 is 0 Å². The van der Waals surface area contributed by atoms with Gasteiger partial charge in [-0.2, -0.15) is 0 Å². The molecule has 1 aliphatic carbocycles. The average Bonchev–Trinajstić information content (AvgIpc) is 2.06. The highest BCUT2D eigenvalue weighted by atomic mass is 16.3. The van der Waals surface area contributed by atoms with Gasteiger partial charge < -0.3 is 5.11 Å². The second-order valence-electron chi connectivity index (χ2n) is 4.00. The van der Waals surface area contributed by atoms with Crippen molar-refractivity contribution in [2.45, 2.75) is 58.0 Å². The lowest BCUT2D eigenvalue weighted by atomic mass is 9.84. The lowest BCUT2D eigenvalue weighted by molar-refractivity contribution is 0.0826. The van der Waals surface area contributed by atoms with Crippen molar-refractivity contribution in [3.63, 3.8) is 0 Å². The van der Waals surface area contributed by atoms with Crippen LogP contribution in [0.1, 0.15) is 52.4 Å². The Bertz CT molecular complexity index is 168. The van der Waals surface area contributed by atoms with E-state index in [9.17, 15) is 5.11 Å². The Kier molecular flexibility index (Phi) is 3.33. The molecular formula is C11H20O. The summed E-state index contributed by atoms with van der Waals surface area (Å²) in [4.78, 5) is 0. The first-order valence-corrected chi connectivity index (χ1v) is 5.08. The molecule has 1 rings (SSSR count). The van der Waals surface area contributed by atoms with Crippen molar-refractivity contribution in [2.24, 2.45) is 0 Å². The van der Waals surface area contributed by atoms with Crippen LogP contribution in [0.3, 0.4) is 0 Å². The van der Waals surface area contributed by atoms with Gasteiger partial charge in [0.2, 0.25) is 0 Å². The lowest BCUT2D eigenvalue weighted by Crippen LogP contribution is -2.27. The van der Waals surface area contributed by atoms with Crippen LogP contribution in [-0.4, -0.2) is 10.7 Å². The first kappa shape index (κ1) is 9.79. The molecule has 1 aliphatic rings. The molecule has 0 radical (unpaired) electrons. The van der Waals surface area contributed by atoms with Crippen LogP contribution in [0.5, 0.6) is 0 Å². The lowest BCUT2D eigenvalue weighted by Gasteiger charge is -2.28. The molecule has 1 nitrogen and oxygen atoms in total. The minimum absolute atomic E-state index is 0.519. The van der Waals surface area contributed by atoms with E-state index in [4.69, 9.17) is 0 Å². The van der Waals surface area contributed by atoms with Crippen LogP contribution in [0.25, 0.3) is 0 Å². The molecule has 1 atom stereocenters. The average molecular weight is 168 g/mol. The Hall–Kier alpha value is -0.300. The summed E-state index contributed by atoms with van der Waals surface area (Å²) < 4.78 is 0. The highest BCUT2D eigenvalue weighted by Gasteiger charge is 2.24. The fourth-order valence-electron chi connectivity index (χ4n) is 1.97. The number of rotatable bonds is 3. The molecule has 0 fully saturated rings. The van der Waals surface area contributed by atoms with E-state index < -0.39 is 5.60 Å². The van der Waals surface area contributed by atoms with Crippen LogP contribution in [0.2, 0.25) is 0 Å². The van der Waals surface area contributed by atoms with E-state index in [1.54, 1.807) is 0 Å². The Morgan fingerprint density at radius 3 is 2.75 bits per heavy atom. The Morgan fingerprint density at radius 1 is 1.50 bits per heavy atom. The Labute approximate surface area is 75.5 Å². The molecule has 0 amide bonds. The largest absolute Gasteiger partial charge is 0.386 e. The maximum Gasteiger partial charge on any atom is 0.0828 e. The van der Waals surface area contributed by atoms with Crippen LogP contribution in [0, 0.1) is 0 Å². The number of hydrogen-bond acceptors (Lipinski definition) is 1. The normalized spacial score (nSPS) is 23.1. The van der Waals surface area contributed by atoms with E-state index in [0.29, 0.717) is 0 Å². The zero-order chi connectivity index (χ0) is 9.03. The molecule has 0 bridgehead atoms. The smallest absolute Gasteiger partial charge is 0.0828 e. The van der Waals surface area contributed by atoms with Gasteiger partial charge in [-0.25, -0.2) is 0 Å². The van der Waals surface area contributed by atoms with Crippen molar-refractivity contribution in [3.05, 3.63) is 11.6 Å². The monoisotopic (exact) mass is 168 g/mol. The predicted molar refractivity (Wildman–Crippen MR) is 52.1 cm³/mol. The highest BCUT2D eigenvalue weighted by Crippen LogP contribution is 2.30. The summed E-state index contributed by atoms with van der Waals surface area (Å²) in [6.45, 7) is 4.07. The SMILES string of the molecule is CCCC(C)(O)C1=CCCCC1. The van der Waals surface area contributed by atoms with Crippen molar-refractivity contribution in [1.82, 2.24) is 0 Å². The fourth-order valence-corrected chi connectivity index (χ4v) is 1.97. The van der Waals surface area contributed by atoms with E-state index >= 15 is 0 Å². The fraction of sp³-hybridized carbons (Fsp3) is 0.818. The van der Waals surface area contributed by atoms with Crippen molar-refractivity contribution >= 4 is 0 Å². The first-order valence-electron chi connectivity index (χ1n) is 5.08. The van der Waals surface area contributed by atoms with Gasteiger partial charge in [-0.05, 0) is 44.6 Å². The zero-order valence-corrected chi connectivity index (χ0v) is 8.27. The van der Waals surface area contributed by atoms with Crippen LogP contribution in [0.4, 0.5) is 0 Å². The molecule has 1 unspecified atom stereocenters. The van der Waals surface area contributed by atoms with E-state index in [0.717, 1.165) is 25.7 Å². The van der Waals surface area contributed by atoms with Gasteiger partial charge in [-0.15, -0.1) is 0 Å². The first-order chi connectivity index (χ1) is 5.67. The Morgan fingerprint density at radius 2 is 2.25 bits per heavy atom. The molecule has 0 aliphatic heterocycles. The van der Waals surface area contributed by atoms with Gasteiger partial charge in [0.1, 0.15) is 0 Å². The van der Waals surface area contributed by atoms with Gasteiger partial charge in [-0.1, -0.05) is 19.4 Å². The van der Waals surface area contributed by atoms with Gasteiger partial charge in [0.25, 0.3) is 0 Å². The third-order valence-corrected chi connectivity index (χ3v) is 2.72. The van der Waals surface area contributed by atoms with Crippen molar-refractivity contribution in [2.75, 3.05) is 0 Å². The minimum Gasteiger partial charge on any atom is -0.386 e. The van der Waals surface area contributed by atoms with Gasteiger partial charge in [0, 0.05) is 0 Å². The van der Waals surface area contributed by atoms with E-state index in [2.05, 4.69) is 13.0 Å². The van der Waals surface area contributed by atoms with E-state index in [1.807, 2.05) is 6.92 Å². The quantitative estimate of drug-likeness (QED) is 0.642. The van der Waals surface area contributed by atoms with Gasteiger partial charge in [0.15, 0.2) is 0 Å². The molecule has 0 saturated carbocycles. The standard InChI is InChI=1S/C11H20O/c1-3-9-11(2,12)10-7-5-4-6-8-10/h7,12H,3-6,8-9H2,1-2H3. The zero-order valence-electron chi connectivity index (χ0n) is 8.27. The molecular weight excluding hydrogens is 148 g/mol. The van der Waals surface area contributed by atoms with Crippen LogP contribution >= 0.6 is 0 Å². The van der Waals surface area contributed by atoms with Crippen LogP contribution in [0.15, 0.2) is 11.6 Å². The molecule has 1 N–H and O–H groups in total. The second-order valence-corrected chi connectivity index (χ2v) is 4.00. The van der Waals surface area contributed by atoms with Gasteiger partial charge >= 0.3 is 0 Å². The van der Waals surface area contributed by atoms with Crippen molar-refractivity contribution in [1.29, 1.82) is 0 Å². The number of allylic oxidation sites excluding steroid dienone is 1. The summed E-state index contributed by atoms with van der Waals surface area (Å²) in [7, 11) is 0. The van der Waals surface area contributed by atoms with Crippen molar-refractivity contribution < 1.29 is 5.11 Å². The summed E-state index contributed by atoms with van der Waals surface area (Å²) in [5.74, 6) is 0. The molecule has 0 aromatic carbocycles.